The molecule has 0 aliphatic heterocycles. The molecule has 0 atom stereocenters. The summed E-state index contributed by atoms with van der Waals surface area (Å²) >= 11 is 0. The van der Waals surface area contributed by atoms with Gasteiger partial charge in [0.25, 0.3) is 10.0 Å². The SMILES string of the molecule is CCCCc1nc2ccc(NC(=O)Nc3ccccc3)cc2n1Cc1ccc(-c2ccccc2OC(=O)NS(=O)(=O)c2ccccc2)cc1. The zero-order chi connectivity index (χ0) is 34.2. The van der Waals surface area contributed by atoms with Crippen molar-refractivity contribution in [3.05, 3.63) is 139 Å². The summed E-state index contributed by atoms with van der Waals surface area (Å²) in [6.45, 7) is 2.69. The van der Waals surface area contributed by atoms with Crippen LogP contribution in [0, 0.1) is 0 Å². The number of unbranched alkanes of at least 4 members (excludes halogenated alkanes) is 1. The minimum Gasteiger partial charge on any atom is -0.409 e. The van der Waals surface area contributed by atoms with Crippen molar-refractivity contribution >= 4 is 44.6 Å². The van der Waals surface area contributed by atoms with Gasteiger partial charge in [0.1, 0.15) is 11.6 Å². The molecule has 10 nitrogen and oxygen atoms in total. The van der Waals surface area contributed by atoms with Gasteiger partial charge in [-0.1, -0.05) is 92.2 Å². The van der Waals surface area contributed by atoms with E-state index in [9.17, 15) is 18.0 Å². The number of imidazole rings is 1. The Labute approximate surface area is 284 Å². The normalized spacial score (nSPS) is 11.2. The van der Waals surface area contributed by atoms with Crippen LogP contribution in [-0.4, -0.2) is 30.1 Å². The van der Waals surface area contributed by atoms with Crippen molar-refractivity contribution in [2.75, 3.05) is 10.6 Å². The molecule has 3 N–H and O–H groups in total. The highest BCUT2D eigenvalue weighted by Crippen LogP contribution is 2.31. The Kier molecular flexibility index (Phi) is 10.0. The fourth-order valence-electron chi connectivity index (χ4n) is 5.42. The Hall–Kier alpha value is -5.94. The number of nitrogens with one attached hydrogen (secondary N) is 3. The van der Waals surface area contributed by atoms with Gasteiger partial charge in [0, 0.05) is 29.9 Å². The van der Waals surface area contributed by atoms with Crippen LogP contribution in [0.3, 0.4) is 0 Å². The van der Waals surface area contributed by atoms with E-state index >= 15 is 0 Å². The van der Waals surface area contributed by atoms with E-state index in [1.165, 1.54) is 12.1 Å². The number of sulfonamides is 1. The molecule has 248 valence electrons. The molecule has 6 rings (SSSR count). The highest BCUT2D eigenvalue weighted by Gasteiger charge is 2.20. The topological polar surface area (TPSA) is 131 Å². The summed E-state index contributed by atoms with van der Waals surface area (Å²) in [5.74, 6) is 1.18. The number of benzene rings is 5. The maximum Gasteiger partial charge on any atom is 0.426 e. The van der Waals surface area contributed by atoms with Gasteiger partial charge in [-0.2, -0.15) is 0 Å². The van der Waals surface area contributed by atoms with Crippen molar-refractivity contribution in [2.24, 2.45) is 0 Å². The number of para-hydroxylation sites is 2. The predicted molar refractivity (Wildman–Crippen MR) is 191 cm³/mol. The molecule has 11 heteroatoms. The largest absolute Gasteiger partial charge is 0.426 e. The first-order valence-electron chi connectivity index (χ1n) is 15.9. The molecule has 0 saturated carbocycles. The number of fused-ring (bicyclic) bond motifs is 1. The third-order valence-corrected chi connectivity index (χ3v) is 9.17. The van der Waals surface area contributed by atoms with Crippen molar-refractivity contribution in [1.29, 1.82) is 0 Å². The smallest absolute Gasteiger partial charge is 0.409 e. The summed E-state index contributed by atoms with van der Waals surface area (Å²) < 4.78 is 34.8. The molecular weight excluding hydrogens is 639 g/mol. The van der Waals surface area contributed by atoms with E-state index in [0.29, 0.717) is 23.5 Å². The zero-order valence-corrected chi connectivity index (χ0v) is 27.6. The highest BCUT2D eigenvalue weighted by atomic mass is 32.2. The molecule has 0 aliphatic rings. The monoisotopic (exact) mass is 673 g/mol. The Morgan fingerprint density at radius 3 is 2.18 bits per heavy atom. The van der Waals surface area contributed by atoms with Crippen LogP contribution in [0.5, 0.6) is 5.75 Å². The van der Waals surface area contributed by atoms with Crippen LogP contribution >= 0.6 is 0 Å². The average molecular weight is 674 g/mol. The van der Waals surface area contributed by atoms with Crippen molar-refractivity contribution in [1.82, 2.24) is 14.3 Å². The molecule has 0 aliphatic carbocycles. The third-order valence-electron chi connectivity index (χ3n) is 7.84. The second-order valence-electron chi connectivity index (χ2n) is 11.4. The summed E-state index contributed by atoms with van der Waals surface area (Å²) in [4.78, 5) is 30.2. The highest BCUT2D eigenvalue weighted by molar-refractivity contribution is 7.90. The number of rotatable bonds is 11. The van der Waals surface area contributed by atoms with E-state index in [-0.39, 0.29) is 16.7 Å². The molecule has 49 heavy (non-hydrogen) atoms. The van der Waals surface area contributed by atoms with Crippen LogP contribution in [0.4, 0.5) is 21.0 Å². The average Bonchev–Trinajstić information content (AvgIpc) is 3.44. The second kappa shape index (κ2) is 14.9. The molecule has 0 radical (unpaired) electrons. The number of hydrogen-bond acceptors (Lipinski definition) is 6. The van der Waals surface area contributed by atoms with Crippen LogP contribution in [0.15, 0.2) is 132 Å². The minimum atomic E-state index is -4.09. The van der Waals surface area contributed by atoms with Crippen LogP contribution in [0.2, 0.25) is 0 Å². The molecule has 0 bridgehead atoms. The Bertz CT molecular complexity index is 2190. The van der Waals surface area contributed by atoms with E-state index in [4.69, 9.17) is 9.72 Å². The Morgan fingerprint density at radius 2 is 1.45 bits per heavy atom. The summed E-state index contributed by atoms with van der Waals surface area (Å²) in [5.41, 5.74) is 5.53. The lowest BCUT2D eigenvalue weighted by Crippen LogP contribution is -2.33. The lowest BCUT2D eigenvalue weighted by atomic mass is 10.0. The third kappa shape index (κ3) is 8.14. The molecule has 0 unspecified atom stereocenters. The summed E-state index contributed by atoms with van der Waals surface area (Å²) in [7, 11) is -4.09. The number of aromatic nitrogens is 2. The number of urea groups is 1. The van der Waals surface area contributed by atoms with Gasteiger partial charge in [-0.15, -0.1) is 0 Å². The van der Waals surface area contributed by atoms with Crippen LogP contribution in [-0.2, 0) is 23.0 Å². The second-order valence-corrected chi connectivity index (χ2v) is 13.0. The van der Waals surface area contributed by atoms with Gasteiger partial charge in [0.2, 0.25) is 0 Å². The molecule has 1 heterocycles. The van der Waals surface area contributed by atoms with Gasteiger partial charge in [0.15, 0.2) is 0 Å². The summed E-state index contributed by atoms with van der Waals surface area (Å²) in [6.07, 6.45) is 1.73. The summed E-state index contributed by atoms with van der Waals surface area (Å²) in [6, 6.07) is 37.0. The lowest BCUT2D eigenvalue weighted by Gasteiger charge is -2.13. The number of amides is 3. The van der Waals surface area contributed by atoms with Crippen molar-refractivity contribution in [3.8, 4) is 16.9 Å². The number of anilines is 2. The van der Waals surface area contributed by atoms with Gasteiger partial charge >= 0.3 is 12.1 Å². The number of nitrogens with zero attached hydrogens (tertiary/aromatic N) is 2. The van der Waals surface area contributed by atoms with Gasteiger partial charge in [-0.05, 0) is 66.1 Å². The van der Waals surface area contributed by atoms with Gasteiger partial charge in [-0.25, -0.2) is 27.7 Å². The van der Waals surface area contributed by atoms with Crippen molar-refractivity contribution < 1.29 is 22.7 Å². The maximum absolute atomic E-state index is 12.7. The molecule has 3 amide bonds. The van der Waals surface area contributed by atoms with E-state index < -0.39 is 16.1 Å². The molecular formula is C38H35N5O5S. The minimum absolute atomic E-state index is 0.0413. The number of carbonyl (C=O) groups is 2. The zero-order valence-electron chi connectivity index (χ0n) is 26.8. The van der Waals surface area contributed by atoms with Gasteiger partial charge < -0.3 is 19.9 Å². The predicted octanol–water partition coefficient (Wildman–Crippen LogP) is 8.22. The van der Waals surface area contributed by atoms with E-state index in [2.05, 4.69) is 22.1 Å². The Morgan fingerprint density at radius 1 is 0.776 bits per heavy atom. The van der Waals surface area contributed by atoms with Crippen LogP contribution in [0.1, 0.15) is 31.2 Å². The molecule has 0 fully saturated rings. The van der Waals surface area contributed by atoms with E-state index in [1.807, 2.05) is 83.6 Å². The first-order valence-corrected chi connectivity index (χ1v) is 17.4. The van der Waals surface area contributed by atoms with Gasteiger partial charge in [0.05, 0.1) is 15.9 Å². The quantitative estimate of drug-likeness (QED) is 0.127. The number of ether oxygens (including phenoxy) is 1. The fourth-order valence-corrected chi connectivity index (χ4v) is 6.32. The first-order chi connectivity index (χ1) is 23.8. The van der Waals surface area contributed by atoms with Crippen LogP contribution in [0.25, 0.3) is 22.2 Å². The van der Waals surface area contributed by atoms with Gasteiger partial charge in [-0.3, -0.25) is 0 Å². The number of aryl methyl sites for hydroxylation is 1. The van der Waals surface area contributed by atoms with Crippen LogP contribution < -0.4 is 20.1 Å². The summed E-state index contributed by atoms with van der Waals surface area (Å²) in [5, 5.41) is 5.77. The van der Waals surface area contributed by atoms with E-state index in [0.717, 1.165) is 47.2 Å². The molecule has 5 aromatic carbocycles. The molecule has 0 spiro atoms. The number of carbonyl (C=O) groups excluding carboxylic acids is 2. The maximum atomic E-state index is 12.7. The number of hydrogen-bond donors (Lipinski definition) is 3. The molecule has 0 saturated heterocycles. The standard InChI is InChI=1S/C38H35N5O5S/c1-2-3-18-36-41-33-24-23-30(40-37(44)39-29-12-6-4-7-13-29)25-34(33)43(36)26-27-19-21-28(22-20-27)32-16-10-11-17-35(32)48-38(45)42-49(46,47)31-14-8-5-9-15-31/h4-17,19-25H,2-3,18,26H2,1H3,(H,42,45)(H2,39,40,44). The molecule has 1 aromatic heterocycles. The van der Waals surface area contributed by atoms with Crippen molar-refractivity contribution in [3.63, 3.8) is 0 Å². The molecule has 6 aromatic rings. The Balaban J connectivity index is 1.20. The first kappa shape index (κ1) is 33.0. The van der Waals surface area contributed by atoms with Crippen molar-refractivity contribution in [2.45, 2.75) is 37.6 Å². The lowest BCUT2D eigenvalue weighted by molar-refractivity contribution is 0.207. The fraction of sp³-hybridized carbons (Fsp3) is 0.132. The van der Waals surface area contributed by atoms with E-state index in [1.54, 1.807) is 36.4 Å².